The summed E-state index contributed by atoms with van der Waals surface area (Å²) < 4.78 is 5.36. The van der Waals surface area contributed by atoms with Gasteiger partial charge in [0.05, 0.1) is 0 Å². The zero-order valence-corrected chi connectivity index (χ0v) is 10.9. The molecule has 1 atom stereocenters. The Bertz CT molecular complexity index is 260. The fourth-order valence-electron chi connectivity index (χ4n) is 1.96. The molecule has 0 saturated carbocycles. The summed E-state index contributed by atoms with van der Waals surface area (Å²) in [5.41, 5.74) is 5.38. The molecule has 0 spiro atoms. The lowest BCUT2D eigenvalue weighted by Crippen LogP contribution is -2.49. The van der Waals surface area contributed by atoms with Crippen LogP contribution in [0.4, 0.5) is 4.79 Å². The average molecular weight is 228 g/mol. The zero-order valence-electron chi connectivity index (χ0n) is 10.9. The van der Waals surface area contributed by atoms with Crippen LogP contribution < -0.4 is 5.73 Å². The SMILES string of the molecule is CC(C)(C)OC(=O)N1CCC[C@](C)(CN)C1. The van der Waals surface area contributed by atoms with Crippen molar-refractivity contribution in [1.29, 1.82) is 0 Å². The van der Waals surface area contributed by atoms with E-state index in [2.05, 4.69) is 6.92 Å². The van der Waals surface area contributed by atoms with Crippen LogP contribution in [0.15, 0.2) is 0 Å². The minimum absolute atomic E-state index is 0.0507. The number of hydrogen-bond acceptors (Lipinski definition) is 3. The monoisotopic (exact) mass is 228 g/mol. The lowest BCUT2D eigenvalue weighted by Gasteiger charge is -2.40. The Morgan fingerprint density at radius 2 is 2.12 bits per heavy atom. The second-order valence-corrected chi connectivity index (χ2v) is 6.02. The Hall–Kier alpha value is -0.770. The molecule has 1 aliphatic heterocycles. The molecule has 1 rings (SSSR count). The zero-order chi connectivity index (χ0) is 12.4. The first-order valence-corrected chi connectivity index (χ1v) is 5.94. The molecule has 0 radical (unpaired) electrons. The van der Waals surface area contributed by atoms with Crippen LogP contribution in [0.25, 0.3) is 0 Å². The molecule has 0 aromatic rings. The molecular formula is C12H24N2O2. The van der Waals surface area contributed by atoms with E-state index in [4.69, 9.17) is 10.5 Å². The number of likely N-dealkylation sites (tertiary alicyclic amines) is 1. The van der Waals surface area contributed by atoms with E-state index >= 15 is 0 Å². The van der Waals surface area contributed by atoms with Crippen LogP contribution in [0.3, 0.4) is 0 Å². The quantitative estimate of drug-likeness (QED) is 0.746. The van der Waals surface area contributed by atoms with Crippen molar-refractivity contribution in [2.24, 2.45) is 11.1 Å². The van der Waals surface area contributed by atoms with Crippen molar-refractivity contribution in [3.8, 4) is 0 Å². The van der Waals surface area contributed by atoms with Crippen LogP contribution in [0.2, 0.25) is 0 Å². The standard InChI is InChI=1S/C12H24N2O2/c1-11(2,3)16-10(15)14-7-5-6-12(4,8-13)9-14/h5-9,13H2,1-4H3/t12-/m1/s1. The highest BCUT2D eigenvalue weighted by Gasteiger charge is 2.33. The molecule has 16 heavy (non-hydrogen) atoms. The van der Waals surface area contributed by atoms with Crippen molar-refractivity contribution >= 4 is 6.09 Å². The van der Waals surface area contributed by atoms with Gasteiger partial charge in [-0.15, -0.1) is 0 Å². The van der Waals surface area contributed by atoms with Crippen LogP contribution >= 0.6 is 0 Å². The summed E-state index contributed by atoms with van der Waals surface area (Å²) in [6.45, 7) is 9.89. The van der Waals surface area contributed by atoms with Gasteiger partial charge in [-0.25, -0.2) is 4.79 Å². The maximum Gasteiger partial charge on any atom is 0.410 e. The first kappa shape index (κ1) is 13.3. The minimum Gasteiger partial charge on any atom is -0.444 e. The van der Waals surface area contributed by atoms with E-state index in [0.717, 1.165) is 19.4 Å². The van der Waals surface area contributed by atoms with E-state index in [1.54, 1.807) is 4.90 Å². The predicted molar refractivity (Wildman–Crippen MR) is 64.2 cm³/mol. The molecule has 1 aliphatic rings. The van der Waals surface area contributed by atoms with E-state index in [1.807, 2.05) is 20.8 Å². The largest absolute Gasteiger partial charge is 0.444 e. The van der Waals surface area contributed by atoms with Gasteiger partial charge in [0.15, 0.2) is 0 Å². The summed E-state index contributed by atoms with van der Waals surface area (Å²) in [4.78, 5) is 13.7. The molecule has 0 bridgehead atoms. The van der Waals surface area contributed by atoms with E-state index in [0.29, 0.717) is 13.1 Å². The van der Waals surface area contributed by atoms with E-state index in [1.165, 1.54) is 0 Å². The van der Waals surface area contributed by atoms with Gasteiger partial charge in [0.1, 0.15) is 5.60 Å². The van der Waals surface area contributed by atoms with Crippen LogP contribution in [0.5, 0.6) is 0 Å². The molecule has 94 valence electrons. The van der Waals surface area contributed by atoms with Gasteiger partial charge >= 0.3 is 6.09 Å². The molecule has 1 fully saturated rings. The third kappa shape index (κ3) is 3.67. The normalized spacial score (nSPS) is 26.7. The van der Waals surface area contributed by atoms with E-state index in [-0.39, 0.29) is 11.5 Å². The smallest absolute Gasteiger partial charge is 0.410 e. The minimum atomic E-state index is -0.423. The summed E-state index contributed by atoms with van der Waals surface area (Å²) in [7, 11) is 0. The Labute approximate surface area is 98.1 Å². The molecule has 1 heterocycles. The van der Waals surface area contributed by atoms with Crippen molar-refractivity contribution in [3.05, 3.63) is 0 Å². The Kier molecular flexibility index (Phi) is 3.84. The fraction of sp³-hybridized carbons (Fsp3) is 0.917. The Balaban J connectivity index is 2.57. The van der Waals surface area contributed by atoms with Gasteiger partial charge in [-0.3, -0.25) is 0 Å². The van der Waals surface area contributed by atoms with Gasteiger partial charge in [0.25, 0.3) is 0 Å². The van der Waals surface area contributed by atoms with Crippen LogP contribution in [-0.4, -0.2) is 36.2 Å². The lowest BCUT2D eigenvalue weighted by atomic mass is 9.82. The number of nitrogens with zero attached hydrogens (tertiary/aromatic N) is 1. The van der Waals surface area contributed by atoms with Gasteiger partial charge in [0.2, 0.25) is 0 Å². The summed E-state index contributed by atoms with van der Waals surface area (Å²) in [5.74, 6) is 0. The second-order valence-electron chi connectivity index (χ2n) is 6.02. The molecule has 0 aromatic heterocycles. The number of amides is 1. The molecule has 0 aliphatic carbocycles. The maximum absolute atomic E-state index is 11.9. The fourth-order valence-corrected chi connectivity index (χ4v) is 1.96. The van der Waals surface area contributed by atoms with Crippen molar-refractivity contribution in [2.45, 2.75) is 46.1 Å². The molecule has 0 aromatic carbocycles. The molecule has 1 amide bonds. The number of hydrogen-bond donors (Lipinski definition) is 1. The molecule has 4 nitrogen and oxygen atoms in total. The number of ether oxygens (including phenoxy) is 1. The summed E-state index contributed by atoms with van der Waals surface area (Å²) >= 11 is 0. The highest BCUT2D eigenvalue weighted by atomic mass is 16.6. The third-order valence-electron chi connectivity index (χ3n) is 2.93. The van der Waals surface area contributed by atoms with E-state index < -0.39 is 5.60 Å². The van der Waals surface area contributed by atoms with Gasteiger partial charge in [-0.2, -0.15) is 0 Å². The first-order chi connectivity index (χ1) is 7.26. The predicted octanol–water partition coefficient (Wildman–Crippen LogP) is 1.98. The maximum atomic E-state index is 11.9. The summed E-state index contributed by atoms with van der Waals surface area (Å²) in [6.07, 6.45) is 1.88. The van der Waals surface area contributed by atoms with Crippen molar-refractivity contribution in [2.75, 3.05) is 19.6 Å². The highest BCUT2D eigenvalue weighted by Crippen LogP contribution is 2.28. The van der Waals surface area contributed by atoms with E-state index in [9.17, 15) is 4.79 Å². The van der Waals surface area contributed by atoms with Crippen LogP contribution in [0.1, 0.15) is 40.5 Å². The number of nitrogens with two attached hydrogens (primary N) is 1. The van der Waals surface area contributed by atoms with Crippen molar-refractivity contribution < 1.29 is 9.53 Å². The Morgan fingerprint density at radius 1 is 1.50 bits per heavy atom. The molecule has 4 heteroatoms. The number of rotatable bonds is 1. The molecule has 2 N–H and O–H groups in total. The number of carbonyl (C=O) groups excluding carboxylic acids is 1. The Morgan fingerprint density at radius 3 is 2.62 bits per heavy atom. The van der Waals surface area contributed by atoms with Crippen LogP contribution in [0, 0.1) is 5.41 Å². The molecule has 1 saturated heterocycles. The molecular weight excluding hydrogens is 204 g/mol. The number of piperidine rings is 1. The molecule has 0 unspecified atom stereocenters. The number of carbonyl (C=O) groups is 1. The van der Waals surface area contributed by atoms with Crippen molar-refractivity contribution in [1.82, 2.24) is 4.90 Å². The first-order valence-electron chi connectivity index (χ1n) is 5.94. The highest BCUT2D eigenvalue weighted by molar-refractivity contribution is 5.68. The summed E-state index contributed by atoms with van der Waals surface area (Å²) in [5, 5.41) is 0. The van der Waals surface area contributed by atoms with Gasteiger partial charge in [-0.05, 0) is 45.6 Å². The van der Waals surface area contributed by atoms with Crippen LogP contribution in [-0.2, 0) is 4.74 Å². The third-order valence-corrected chi connectivity index (χ3v) is 2.93. The lowest BCUT2D eigenvalue weighted by molar-refractivity contribution is 0.00789. The van der Waals surface area contributed by atoms with Gasteiger partial charge in [-0.1, -0.05) is 6.92 Å². The van der Waals surface area contributed by atoms with Gasteiger partial charge in [0, 0.05) is 13.1 Å². The second kappa shape index (κ2) is 4.62. The van der Waals surface area contributed by atoms with Gasteiger partial charge < -0.3 is 15.4 Å². The topological polar surface area (TPSA) is 55.6 Å². The average Bonchev–Trinajstić information content (AvgIpc) is 2.15. The summed E-state index contributed by atoms with van der Waals surface area (Å²) in [6, 6.07) is 0. The van der Waals surface area contributed by atoms with Crippen molar-refractivity contribution in [3.63, 3.8) is 0 Å².